The van der Waals surface area contributed by atoms with E-state index in [9.17, 15) is 4.79 Å². The molecule has 0 fully saturated rings. The monoisotopic (exact) mass is 195 g/mol. The summed E-state index contributed by atoms with van der Waals surface area (Å²) in [5, 5.41) is 0. The van der Waals surface area contributed by atoms with Gasteiger partial charge in [-0.15, -0.1) is 0 Å². The Bertz CT molecular complexity index is 472. The van der Waals surface area contributed by atoms with Crippen LogP contribution in [0.15, 0.2) is 48.5 Å². The van der Waals surface area contributed by atoms with Gasteiger partial charge >= 0.3 is 0 Å². The standard InChI is InChI=1S/C14H11O/c1-11-13(10-15)8-5-9-14(11)12-6-3-2-4-7-12/h2-9H,1H3. The number of rotatable bonds is 2. The van der Waals surface area contributed by atoms with Crippen molar-refractivity contribution in [3.8, 4) is 11.1 Å². The topological polar surface area (TPSA) is 17.1 Å². The Labute approximate surface area is 89.4 Å². The summed E-state index contributed by atoms with van der Waals surface area (Å²) in [7, 11) is 0. The maximum Gasteiger partial charge on any atom is 0.233 e. The molecule has 1 radical (unpaired) electrons. The first kappa shape index (κ1) is 9.66. The Balaban J connectivity index is 2.59. The van der Waals surface area contributed by atoms with Crippen LogP contribution in [-0.2, 0) is 4.79 Å². The lowest BCUT2D eigenvalue weighted by molar-refractivity contribution is 0.562. The minimum Gasteiger partial charge on any atom is -0.285 e. The fourth-order valence-corrected chi connectivity index (χ4v) is 1.68. The molecule has 1 nitrogen and oxygen atoms in total. The summed E-state index contributed by atoms with van der Waals surface area (Å²) in [6.45, 7) is 1.95. The van der Waals surface area contributed by atoms with Gasteiger partial charge in [-0.05, 0) is 23.6 Å². The van der Waals surface area contributed by atoms with Gasteiger partial charge in [0.2, 0.25) is 6.29 Å². The smallest absolute Gasteiger partial charge is 0.233 e. The lowest BCUT2D eigenvalue weighted by Crippen LogP contribution is -1.90. The van der Waals surface area contributed by atoms with Gasteiger partial charge in [-0.25, -0.2) is 0 Å². The Kier molecular flexibility index (Phi) is 2.64. The zero-order valence-electron chi connectivity index (χ0n) is 8.53. The van der Waals surface area contributed by atoms with Crippen LogP contribution in [0.3, 0.4) is 0 Å². The molecule has 2 rings (SSSR count). The first-order chi connectivity index (χ1) is 7.33. The minimum absolute atomic E-state index is 0.636. The van der Waals surface area contributed by atoms with Gasteiger partial charge in [-0.1, -0.05) is 48.5 Å². The van der Waals surface area contributed by atoms with Gasteiger partial charge in [0, 0.05) is 5.56 Å². The number of carbonyl (C=O) groups excluding carboxylic acids is 1. The zero-order chi connectivity index (χ0) is 10.7. The van der Waals surface area contributed by atoms with Crippen LogP contribution in [-0.4, -0.2) is 6.29 Å². The van der Waals surface area contributed by atoms with Crippen molar-refractivity contribution in [2.75, 3.05) is 0 Å². The number of hydrogen-bond donors (Lipinski definition) is 0. The summed E-state index contributed by atoms with van der Waals surface area (Å²) in [6.07, 6.45) is 1.96. The predicted octanol–water partition coefficient (Wildman–Crippen LogP) is 3.12. The molecule has 0 spiro atoms. The fourth-order valence-electron chi connectivity index (χ4n) is 1.68. The highest BCUT2D eigenvalue weighted by molar-refractivity contribution is 5.83. The van der Waals surface area contributed by atoms with E-state index >= 15 is 0 Å². The average Bonchev–Trinajstić information content (AvgIpc) is 2.30. The average molecular weight is 195 g/mol. The predicted molar refractivity (Wildman–Crippen MR) is 61.4 cm³/mol. The molecule has 0 unspecified atom stereocenters. The molecule has 0 amide bonds. The van der Waals surface area contributed by atoms with Crippen LogP contribution < -0.4 is 0 Å². The third-order valence-corrected chi connectivity index (χ3v) is 2.53. The van der Waals surface area contributed by atoms with E-state index in [2.05, 4.69) is 0 Å². The highest BCUT2D eigenvalue weighted by atomic mass is 16.1. The summed E-state index contributed by atoms with van der Waals surface area (Å²) >= 11 is 0. The molecule has 0 aliphatic rings. The number of hydrogen-bond acceptors (Lipinski definition) is 1. The molecule has 0 aliphatic heterocycles. The van der Waals surface area contributed by atoms with Crippen molar-refractivity contribution in [1.29, 1.82) is 0 Å². The van der Waals surface area contributed by atoms with Gasteiger partial charge in [0.15, 0.2) is 0 Å². The Morgan fingerprint density at radius 3 is 2.33 bits per heavy atom. The molecule has 0 atom stereocenters. The second-order valence-electron chi connectivity index (χ2n) is 3.45. The van der Waals surface area contributed by atoms with E-state index < -0.39 is 0 Å². The molecule has 0 saturated heterocycles. The maximum absolute atomic E-state index is 10.7. The summed E-state index contributed by atoms with van der Waals surface area (Å²) in [5.74, 6) is 0. The summed E-state index contributed by atoms with van der Waals surface area (Å²) < 4.78 is 0. The molecular formula is C14H11O. The molecule has 73 valence electrons. The van der Waals surface area contributed by atoms with Crippen LogP contribution in [0.1, 0.15) is 11.1 Å². The maximum atomic E-state index is 10.7. The van der Waals surface area contributed by atoms with Crippen molar-refractivity contribution in [3.63, 3.8) is 0 Å². The second-order valence-corrected chi connectivity index (χ2v) is 3.45. The van der Waals surface area contributed by atoms with Crippen molar-refractivity contribution < 1.29 is 4.79 Å². The normalized spacial score (nSPS) is 9.93. The molecule has 2 aromatic carbocycles. The molecule has 0 heterocycles. The van der Waals surface area contributed by atoms with E-state index in [0.29, 0.717) is 5.56 Å². The Hall–Kier alpha value is -1.89. The highest BCUT2D eigenvalue weighted by Gasteiger charge is 2.04. The minimum atomic E-state index is 0.636. The molecule has 0 bridgehead atoms. The van der Waals surface area contributed by atoms with E-state index in [1.54, 1.807) is 6.07 Å². The third-order valence-electron chi connectivity index (χ3n) is 2.53. The Morgan fingerprint density at radius 2 is 1.67 bits per heavy atom. The molecule has 0 N–H and O–H groups in total. The van der Waals surface area contributed by atoms with Crippen molar-refractivity contribution in [2.45, 2.75) is 6.92 Å². The van der Waals surface area contributed by atoms with Gasteiger partial charge in [0.05, 0.1) is 0 Å². The lowest BCUT2D eigenvalue weighted by atomic mass is 9.97. The molecule has 0 saturated carbocycles. The zero-order valence-corrected chi connectivity index (χ0v) is 8.53. The van der Waals surface area contributed by atoms with Crippen molar-refractivity contribution in [1.82, 2.24) is 0 Å². The second kappa shape index (κ2) is 4.09. The van der Waals surface area contributed by atoms with Crippen LogP contribution in [0, 0.1) is 6.92 Å². The summed E-state index contributed by atoms with van der Waals surface area (Å²) in [5.41, 5.74) is 3.85. The largest absolute Gasteiger partial charge is 0.285 e. The van der Waals surface area contributed by atoms with Gasteiger partial charge in [0.1, 0.15) is 0 Å². The molecule has 0 aliphatic carbocycles. The first-order valence-corrected chi connectivity index (χ1v) is 4.86. The van der Waals surface area contributed by atoms with Crippen molar-refractivity contribution in [3.05, 3.63) is 59.7 Å². The van der Waals surface area contributed by atoms with E-state index in [0.717, 1.165) is 16.7 Å². The highest BCUT2D eigenvalue weighted by Crippen LogP contribution is 2.24. The summed E-state index contributed by atoms with van der Waals surface area (Å²) in [6, 6.07) is 15.7. The third kappa shape index (κ3) is 1.82. The van der Waals surface area contributed by atoms with E-state index in [4.69, 9.17) is 0 Å². The molecule has 15 heavy (non-hydrogen) atoms. The lowest BCUT2D eigenvalue weighted by Gasteiger charge is -2.06. The van der Waals surface area contributed by atoms with Crippen LogP contribution in [0.5, 0.6) is 0 Å². The van der Waals surface area contributed by atoms with Gasteiger partial charge in [-0.2, -0.15) is 0 Å². The molecule has 2 aromatic rings. The van der Waals surface area contributed by atoms with Crippen LogP contribution >= 0.6 is 0 Å². The van der Waals surface area contributed by atoms with Crippen LogP contribution in [0.2, 0.25) is 0 Å². The summed E-state index contributed by atoms with van der Waals surface area (Å²) in [4.78, 5) is 10.7. The van der Waals surface area contributed by atoms with E-state index in [1.807, 2.05) is 55.7 Å². The quantitative estimate of drug-likeness (QED) is 0.719. The SMILES string of the molecule is Cc1c([C]=O)cccc1-c1ccccc1. The van der Waals surface area contributed by atoms with Crippen molar-refractivity contribution in [2.24, 2.45) is 0 Å². The van der Waals surface area contributed by atoms with Crippen LogP contribution in [0.4, 0.5) is 0 Å². The Morgan fingerprint density at radius 1 is 0.933 bits per heavy atom. The molecule has 0 aromatic heterocycles. The van der Waals surface area contributed by atoms with E-state index in [-0.39, 0.29) is 0 Å². The fraction of sp³-hybridized carbons (Fsp3) is 0.0714. The van der Waals surface area contributed by atoms with Crippen LogP contribution in [0.25, 0.3) is 11.1 Å². The number of benzene rings is 2. The van der Waals surface area contributed by atoms with E-state index in [1.165, 1.54) is 0 Å². The van der Waals surface area contributed by atoms with Crippen molar-refractivity contribution >= 4 is 6.29 Å². The molecular weight excluding hydrogens is 184 g/mol. The van der Waals surface area contributed by atoms with Gasteiger partial charge in [-0.3, -0.25) is 4.79 Å². The first-order valence-electron chi connectivity index (χ1n) is 4.86. The molecule has 1 heteroatoms. The van der Waals surface area contributed by atoms with Gasteiger partial charge in [0.25, 0.3) is 0 Å². The van der Waals surface area contributed by atoms with Gasteiger partial charge < -0.3 is 0 Å².